The number of benzene rings is 4. The van der Waals surface area contributed by atoms with Crippen molar-refractivity contribution < 1.29 is 42.1 Å². The average molecular weight is 1780 g/mol. The van der Waals surface area contributed by atoms with Crippen LogP contribution in [0.2, 0.25) is 0 Å². The van der Waals surface area contributed by atoms with Crippen molar-refractivity contribution >= 4 is 17.9 Å². The lowest BCUT2D eigenvalue weighted by atomic mass is 9.47. The summed E-state index contributed by atoms with van der Waals surface area (Å²) in [6.07, 6.45) is 72.2. The maximum absolute atomic E-state index is 14.9. The van der Waals surface area contributed by atoms with Gasteiger partial charge in [0.05, 0.1) is 23.8 Å². The van der Waals surface area contributed by atoms with Crippen molar-refractivity contribution in [3.63, 3.8) is 0 Å². The zero-order valence-corrected chi connectivity index (χ0v) is 85.3. The number of carbonyl (C=O) groups is 3. The molecule has 8 aliphatic rings. The van der Waals surface area contributed by atoms with E-state index in [9.17, 15) is 23.2 Å². The van der Waals surface area contributed by atoms with Gasteiger partial charge in [-0.2, -0.15) is 0 Å². The van der Waals surface area contributed by atoms with Gasteiger partial charge >= 0.3 is 17.9 Å². The Balaban J connectivity index is 0.000000196. The van der Waals surface area contributed by atoms with Gasteiger partial charge in [-0.3, -0.25) is 4.79 Å². The number of ether oxygens (including phenoxy) is 4. The Morgan fingerprint density at radius 3 is 1.51 bits per heavy atom. The van der Waals surface area contributed by atoms with Gasteiger partial charge in [0.2, 0.25) is 0 Å². The van der Waals surface area contributed by atoms with Gasteiger partial charge in [0.15, 0.2) is 0 Å². The number of fused-ring (bicyclic) bond motifs is 5. The Bertz CT molecular complexity index is 3750. The molecule has 0 heterocycles. The molecular formula is C120H190F2O7. The van der Waals surface area contributed by atoms with Crippen molar-refractivity contribution in [2.45, 2.75) is 481 Å². The molecule has 4 aromatic carbocycles. The van der Waals surface area contributed by atoms with E-state index in [0.717, 1.165) is 165 Å². The Kier molecular flexibility index (Phi) is 47.9. The van der Waals surface area contributed by atoms with Crippen molar-refractivity contribution in [3.8, 4) is 11.5 Å². The van der Waals surface area contributed by atoms with Crippen molar-refractivity contribution in [3.05, 3.63) is 142 Å². The molecule has 0 amide bonds. The Morgan fingerprint density at radius 2 is 0.961 bits per heavy atom. The first-order valence-electron chi connectivity index (χ1n) is 55.1. The molecule has 12 rings (SSSR count). The van der Waals surface area contributed by atoms with E-state index < -0.39 is 5.97 Å². The minimum atomic E-state index is -0.458. The van der Waals surface area contributed by atoms with Crippen molar-refractivity contribution in [2.75, 3.05) is 6.61 Å². The molecule has 8 aliphatic carbocycles. The minimum Gasteiger partial charge on any atom is -0.494 e. The molecule has 0 aliphatic heterocycles. The Morgan fingerprint density at radius 1 is 0.450 bits per heavy atom. The summed E-state index contributed by atoms with van der Waals surface area (Å²) < 4.78 is 52.5. The van der Waals surface area contributed by atoms with E-state index in [2.05, 4.69) is 127 Å². The van der Waals surface area contributed by atoms with Crippen molar-refractivity contribution in [2.24, 2.45) is 93.7 Å². The van der Waals surface area contributed by atoms with Gasteiger partial charge in [0.1, 0.15) is 29.2 Å². The molecule has 726 valence electrons. The quantitative estimate of drug-likeness (QED) is 0.0188. The number of rotatable bonds is 46. The van der Waals surface area contributed by atoms with Gasteiger partial charge in [-0.1, -0.05) is 313 Å². The van der Waals surface area contributed by atoms with Crippen LogP contribution >= 0.6 is 0 Å². The topological polar surface area (TPSA) is 88.1 Å². The fourth-order valence-corrected chi connectivity index (χ4v) is 25.9. The second-order valence-corrected chi connectivity index (χ2v) is 44.5. The average Bonchev–Trinajstić information content (AvgIpc) is 1.53. The zero-order chi connectivity index (χ0) is 92.5. The molecule has 7 saturated carbocycles. The number of esters is 3. The molecule has 4 aromatic rings. The fourth-order valence-electron chi connectivity index (χ4n) is 25.9. The second kappa shape index (κ2) is 57.5. The highest BCUT2D eigenvalue weighted by molar-refractivity contribution is 5.92. The fraction of sp³-hybridized carbons (Fsp3) is 0.758. The van der Waals surface area contributed by atoms with E-state index >= 15 is 0 Å². The molecule has 0 aromatic heterocycles. The third kappa shape index (κ3) is 34.5. The van der Waals surface area contributed by atoms with Crippen LogP contribution in [0.3, 0.4) is 0 Å². The number of halogens is 2. The van der Waals surface area contributed by atoms with Gasteiger partial charge in [-0.25, -0.2) is 18.4 Å². The lowest BCUT2D eigenvalue weighted by molar-refractivity contribution is -0.151. The lowest BCUT2D eigenvalue weighted by Crippen LogP contribution is -2.51. The molecule has 0 saturated heterocycles. The van der Waals surface area contributed by atoms with E-state index in [4.69, 9.17) is 18.9 Å². The highest BCUT2D eigenvalue weighted by Gasteiger charge is 2.59. The largest absolute Gasteiger partial charge is 0.494 e. The first-order chi connectivity index (χ1) is 62.4. The number of allylic oxidation sites excluding steroid dienone is 1. The number of unbranched alkanes of at least 4 members (excludes halogenated alkanes) is 14. The molecule has 0 spiro atoms. The van der Waals surface area contributed by atoms with Crippen LogP contribution in [-0.2, 0) is 27.1 Å². The van der Waals surface area contributed by atoms with Crippen molar-refractivity contribution in [1.29, 1.82) is 0 Å². The summed E-state index contributed by atoms with van der Waals surface area (Å²) in [5, 5.41) is 0. The van der Waals surface area contributed by atoms with Gasteiger partial charge in [-0.15, -0.1) is 0 Å². The predicted octanol–water partition coefficient (Wildman–Crippen LogP) is 36.2. The third-order valence-electron chi connectivity index (χ3n) is 34.2. The summed E-state index contributed by atoms with van der Waals surface area (Å²) in [5.41, 5.74) is 7.78. The van der Waals surface area contributed by atoms with Crippen LogP contribution in [0.4, 0.5) is 8.78 Å². The first-order valence-corrected chi connectivity index (χ1v) is 55.1. The van der Waals surface area contributed by atoms with Crippen molar-refractivity contribution in [1.82, 2.24) is 0 Å². The molecule has 4 unspecified atom stereocenters. The zero-order valence-electron chi connectivity index (χ0n) is 85.3. The summed E-state index contributed by atoms with van der Waals surface area (Å²) in [6, 6.07) is 26.4. The highest BCUT2D eigenvalue weighted by atomic mass is 19.1. The molecule has 0 bridgehead atoms. The molecule has 7 nitrogen and oxygen atoms in total. The summed E-state index contributed by atoms with van der Waals surface area (Å²) in [4.78, 5) is 37.3. The minimum absolute atomic E-state index is 0.0522. The summed E-state index contributed by atoms with van der Waals surface area (Å²) in [7, 11) is 0. The number of hydrogen-bond acceptors (Lipinski definition) is 7. The first kappa shape index (κ1) is 107. The maximum Gasteiger partial charge on any atom is 0.343 e. The lowest BCUT2D eigenvalue weighted by Gasteiger charge is -2.58. The molecule has 7 fully saturated rings. The van der Waals surface area contributed by atoms with Crippen LogP contribution in [0.1, 0.15) is 499 Å². The molecule has 129 heavy (non-hydrogen) atoms. The molecule has 11 atom stereocenters. The molecular weight excluding hydrogens is 1590 g/mol. The molecule has 0 N–H and O–H groups in total. The highest BCUT2D eigenvalue weighted by Crippen LogP contribution is 2.68. The monoisotopic (exact) mass is 1780 g/mol. The van der Waals surface area contributed by atoms with Crippen LogP contribution in [0, 0.1) is 105 Å². The third-order valence-corrected chi connectivity index (χ3v) is 34.2. The second-order valence-electron chi connectivity index (χ2n) is 44.5. The van der Waals surface area contributed by atoms with E-state index in [1.807, 2.05) is 6.92 Å². The normalized spacial score (nSPS) is 27.0. The van der Waals surface area contributed by atoms with E-state index in [0.29, 0.717) is 64.6 Å². The van der Waals surface area contributed by atoms with Gasteiger partial charge in [0.25, 0.3) is 0 Å². The van der Waals surface area contributed by atoms with E-state index in [-0.39, 0.29) is 35.8 Å². The van der Waals surface area contributed by atoms with Gasteiger partial charge < -0.3 is 18.9 Å². The van der Waals surface area contributed by atoms with Crippen LogP contribution in [-0.4, -0.2) is 36.7 Å². The maximum atomic E-state index is 14.9. The van der Waals surface area contributed by atoms with Crippen LogP contribution in [0.5, 0.6) is 11.5 Å². The van der Waals surface area contributed by atoms with Gasteiger partial charge in [-0.05, 0) is 350 Å². The SMILES string of the molecule is CCCC1CCC(C2CCC(c3ccc(CC(C)CC)cc3)CC2)CC1.CCCCCCC(C)Cc1c(F)cc(C2CCC(C3CCC(CCC)CC3)CC2)cc1F.CCCCCCCCC(=O)O[C@H]1CC[C@@]2(C)C(=CC[C@H]3[C@@H]4CC[C@H](C(C)CCCC(C)C)[C@@]4(C)CC[C@@H]32)C1.CCCCCCOc1ccc(C(=O)Oc2ccc(C(=O)OC(C)CCCCCC)cc2)cc1. The molecule has 0 radical (unpaired) electrons. The van der Waals surface area contributed by atoms with Crippen LogP contribution in [0.15, 0.2) is 96.6 Å². The smallest absolute Gasteiger partial charge is 0.343 e. The molecule has 9 heteroatoms. The summed E-state index contributed by atoms with van der Waals surface area (Å²) >= 11 is 0. The summed E-state index contributed by atoms with van der Waals surface area (Å²) in [5.74, 6) is 13.2. The standard InChI is InChI=1S/C36H62O2.C30H48F2.C28H38O5.C26H42/c1-7-8-9-10-11-12-16-34(37)38-29-21-23-35(5)28(25-29)17-18-30-32-20-19-31(27(4)15-13-14-26(2)3)36(32,6)24-22-33(30)35;1-4-6-7-8-10-22(3)19-28-29(31)20-27(21-30(28)32)26-17-15-25(16-18-26)24-13-11-23(9-5-2)12-14-24;1-4-6-8-10-12-22(3)32-27(29)23-15-19-26(20-16-23)33-28(30)24-13-17-25(18-14-24)31-21-11-9-7-5-2;1-4-6-21-7-11-23(12-8-21)25-15-17-26(18-16-25)24-13-9-22(10-14-24)19-20(3)5-2/h17,26-27,29-33H,7-16,18-25H2,1-6H3;20-26H,4-19H2,1-3H3;13-20,22H,4-12,21H2,1-3H3;9-10,13-14,20-21,23,25-26H,4-8,11-12,15-19H2,1-3H3/t27?,29-,30-,31+,32-,33-,35-,36+;;;/m0.../s1. The van der Waals surface area contributed by atoms with Crippen LogP contribution < -0.4 is 9.47 Å². The summed E-state index contributed by atoms with van der Waals surface area (Å²) in [6.45, 7) is 35.5. The Labute approximate surface area is 789 Å². The number of hydrogen-bond donors (Lipinski definition) is 0. The Hall–Kier alpha value is -5.31. The van der Waals surface area contributed by atoms with E-state index in [1.165, 1.54) is 275 Å². The van der Waals surface area contributed by atoms with Gasteiger partial charge in [0, 0.05) is 18.4 Å². The van der Waals surface area contributed by atoms with E-state index in [1.54, 1.807) is 71.8 Å². The predicted molar refractivity (Wildman–Crippen MR) is 540 cm³/mol. The van der Waals surface area contributed by atoms with Crippen LogP contribution in [0.25, 0.3) is 0 Å². The number of carbonyl (C=O) groups excluding carboxylic acids is 3.